The first-order valence-corrected chi connectivity index (χ1v) is 9.57. The summed E-state index contributed by atoms with van der Waals surface area (Å²) in [7, 11) is 0. The fourth-order valence-corrected chi connectivity index (χ4v) is 5.06. The summed E-state index contributed by atoms with van der Waals surface area (Å²) < 4.78 is 0. The third kappa shape index (κ3) is 3.79. The quantitative estimate of drug-likeness (QED) is 0.523. The second-order valence-electron chi connectivity index (χ2n) is 7.68. The van der Waals surface area contributed by atoms with Crippen LogP contribution in [-0.2, 0) is 4.79 Å². The van der Waals surface area contributed by atoms with Crippen molar-refractivity contribution in [2.75, 3.05) is 0 Å². The molecule has 0 aromatic carbocycles. The standard InChI is InChI=1S/C20H32O/c21-19-12-10-8-6-4-2-1-3-5-7-9-11-18-16-13-14-17(15-16)20(18)19/h13-14,16-18,20H,1-12,15H2/t16-,17+,18-,20+/m1/s1. The summed E-state index contributed by atoms with van der Waals surface area (Å²) in [6.45, 7) is 0. The van der Waals surface area contributed by atoms with Crippen LogP contribution in [-0.4, -0.2) is 5.78 Å². The van der Waals surface area contributed by atoms with E-state index in [2.05, 4.69) is 12.2 Å². The average Bonchev–Trinajstić information content (AvgIpc) is 3.08. The lowest BCUT2D eigenvalue weighted by atomic mass is 9.76. The number of Topliss-reactive ketones (excluding diaryl/α,β-unsaturated/α-hetero) is 1. The maximum Gasteiger partial charge on any atom is 0.136 e. The summed E-state index contributed by atoms with van der Waals surface area (Å²) in [6.07, 6.45) is 21.8. The molecule has 3 aliphatic carbocycles. The molecule has 0 aliphatic heterocycles. The van der Waals surface area contributed by atoms with E-state index in [4.69, 9.17) is 0 Å². The molecule has 118 valence electrons. The van der Waals surface area contributed by atoms with Gasteiger partial charge in [-0.2, -0.15) is 0 Å². The molecule has 0 amide bonds. The number of allylic oxidation sites excluding steroid dienone is 2. The van der Waals surface area contributed by atoms with Crippen LogP contribution < -0.4 is 0 Å². The number of hydrogen-bond acceptors (Lipinski definition) is 1. The second-order valence-corrected chi connectivity index (χ2v) is 7.68. The minimum atomic E-state index is 0.394. The average molecular weight is 288 g/mol. The summed E-state index contributed by atoms with van der Waals surface area (Å²) in [6, 6.07) is 0. The molecule has 0 saturated heterocycles. The summed E-state index contributed by atoms with van der Waals surface area (Å²) in [5.41, 5.74) is 0. The molecule has 2 saturated carbocycles. The Kier molecular flexibility index (Phi) is 5.55. The minimum Gasteiger partial charge on any atom is -0.299 e. The molecule has 3 rings (SSSR count). The molecule has 0 unspecified atom stereocenters. The van der Waals surface area contributed by atoms with Crippen molar-refractivity contribution in [3.05, 3.63) is 12.2 Å². The molecular weight excluding hydrogens is 256 g/mol. The number of rotatable bonds is 0. The fourth-order valence-electron chi connectivity index (χ4n) is 5.06. The number of hydrogen-bond donors (Lipinski definition) is 0. The van der Waals surface area contributed by atoms with Crippen molar-refractivity contribution < 1.29 is 4.79 Å². The van der Waals surface area contributed by atoms with Crippen LogP contribution in [0.1, 0.15) is 83.5 Å². The fraction of sp³-hybridized carbons (Fsp3) is 0.850. The highest BCUT2D eigenvalue weighted by molar-refractivity contribution is 5.82. The van der Waals surface area contributed by atoms with Crippen LogP contribution in [0.2, 0.25) is 0 Å². The third-order valence-electron chi connectivity index (χ3n) is 6.20. The van der Waals surface area contributed by atoms with Crippen molar-refractivity contribution in [1.29, 1.82) is 0 Å². The minimum absolute atomic E-state index is 0.394. The molecule has 2 fully saturated rings. The van der Waals surface area contributed by atoms with Crippen LogP contribution in [0.4, 0.5) is 0 Å². The molecular formula is C20H32O. The second kappa shape index (κ2) is 7.61. The van der Waals surface area contributed by atoms with Gasteiger partial charge in [-0.3, -0.25) is 4.79 Å². The Balaban J connectivity index is 1.59. The van der Waals surface area contributed by atoms with E-state index < -0.39 is 0 Å². The van der Waals surface area contributed by atoms with Gasteiger partial charge in [-0.15, -0.1) is 0 Å². The topological polar surface area (TPSA) is 17.1 Å². The van der Waals surface area contributed by atoms with Crippen LogP contribution in [0.15, 0.2) is 12.2 Å². The molecule has 0 N–H and O–H groups in total. The number of ketones is 1. The van der Waals surface area contributed by atoms with Crippen LogP contribution in [0, 0.1) is 23.7 Å². The highest BCUT2D eigenvalue weighted by atomic mass is 16.1. The maximum absolute atomic E-state index is 12.7. The number of carbonyl (C=O) groups is 1. The SMILES string of the molecule is O=C1CCCCCCCCCCCC[C@H]2[C@@H]1[C@H]1C=C[C@@H]2C1. The monoisotopic (exact) mass is 288 g/mol. The predicted molar refractivity (Wildman–Crippen MR) is 88.1 cm³/mol. The lowest BCUT2D eigenvalue weighted by Gasteiger charge is -2.27. The van der Waals surface area contributed by atoms with E-state index in [0.717, 1.165) is 18.8 Å². The van der Waals surface area contributed by atoms with Crippen molar-refractivity contribution in [1.82, 2.24) is 0 Å². The number of fused-ring (bicyclic) bond motifs is 5. The first-order valence-electron chi connectivity index (χ1n) is 9.57. The molecule has 4 atom stereocenters. The van der Waals surface area contributed by atoms with E-state index in [9.17, 15) is 4.79 Å². The molecule has 1 nitrogen and oxygen atoms in total. The highest BCUT2D eigenvalue weighted by Gasteiger charge is 2.46. The maximum atomic E-state index is 12.7. The van der Waals surface area contributed by atoms with Crippen molar-refractivity contribution >= 4 is 5.78 Å². The van der Waals surface area contributed by atoms with Gasteiger partial charge in [-0.1, -0.05) is 69.9 Å². The Hall–Kier alpha value is -0.590. The Morgan fingerprint density at radius 2 is 1.29 bits per heavy atom. The van der Waals surface area contributed by atoms with Crippen molar-refractivity contribution in [3.8, 4) is 0 Å². The summed E-state index contributed by atoms with van der Waals surface area (Å²) >= 11 is 0. The van der Waals surface area contributed by atoms with Gasteiger partial charge in [0.05, 0.1) is 0 Å². The zero-order chi connectivity index (χ0) is 14.5. The molecule has 21 heavy (non-hydrogen) atoms. The zero-order valence-corrected chi connectivity index (χ0v) is 13.6. The molecule has 0 aromatic rings. The lowest BCUT2D eigenvalue weighted by Crippen LogP contribution is -2.27. The van der Waals surface area contributed by atoms with Crippen LogP contribution in [0.3, 0.4) is 0 Å². The largest absolute Gasteiger partial charge is 0.299 e. The molecule has 0 radical (unpaired) electrons. The van der Waals surface area contributed by atoms with Crippen molar-refractivity contribution in [2.45, 2.75) is 83.5 Å². The first kappa shape index (κ1) is 15.3. The molecule has 0 heterocycles. The normalized spacial score (nSPS) is 38.8. The van der Waals surface area contributed by atoms with Gasteiger partial charge in [-0.25, -0.2) is 0 Å². The van der Waals surface area contributed by atoms with Gasteiger partial charge >= 0.3 is 0 Å². The van der Waals surface area contributed by atoms with E-state index in [1.54, 1.807) is 0 Å². The lowest BCUT2D eigenvalue weighted by molar-refractivity contribution is -0.125. The Morgan fingerprint density at radius 1 is 0.714 bits per heavy atom. The summed E-state index contributed by atoms with van der Waals surface area (Å²) in [4.78, 5) is 12.7. The molecule has 0 spiro atoms. The third-order valence-corrected chi connectivity index (χ3v) is 6.20. The van der Waals surface area contributed by atoms with Crippen LogP contribution in [0.5, 0.6) is 0 Å². The summed E-state index contributed by atoms with van der Waals surface area (Å²) in [5, 5.41) is 0. The highest BCUT2D eigenvalue weighted by Crippen LogP contribution is 2.50. The van der Waals surface area contributed by atoms with Gasteiger partial charge in [0.2, 0.25) is 0 Å². The summed E-state index contributed by atoms with van der Waals surface area (Å²) in [5.74, 6) is 3.03. The van der Waals surface area contributed by atoms with E-state index in [1.807, 2.05) is 0 Å². The van der Waals surface area contributed by atoms with Crippen LogP contribution in [0.25, 0.3) is 0 Å². The zero-order valence-electron chi connectivity index (χ0n) is 13.6. The van der Waals surface area contributed by atoms with Crippen molar-refractivity contribution in [3.63, 3.8) is 0 Å². The van der Waals surface area contributed by atoms with E-state index in [-0.39, 0.29) is 0 Å². The Labute approximate surface area is 130 Å². The van der Waals surface area contributed by atoms with Gasteiger partial charge in [0, 0.05) is 12.3 Å². The molecule has 2 bridgehead atoms. The Bertz CT molecular complexity index is 370. The van der Waals surface area contributed by atoms with Gasteiger partial charge in [0.1, 0.15) is 5.78 Å². The molecule has 0 aromatic heterocycles. The first-order chi connectivity index (χ1) is 10.4. The molecule has 1 heteroatoms. The van der Waals surface area contributed by atoms with E-state index >= 15 is 0 Å². The van der Waals surface area contributed by atoms with Crippen LogP contribution >= 0.6 is 0 Å². The van der Waals surface area contributed by atoms with Gasteiger partial charge in [0.25, 0.3) is 0 Å². The predicted octanol–water partition coefficient (Wildman–Crippen LogP) is 5.69. The smallest absolute Gasteiger partial charge is 0.136 e. The van der Waals surface area contributed by atoms with Gasteiger partial charge < -0.3 is 0 Å². The Morgan fingerprint density at radius 3 is 2.00 bits per heavy atom. The van der Waals surface area contributed by atoms with Gasteiger partial charge in [0.15, 0.2) is 0 Å². The number of carbonyl (C=O) groups excluding carboxylic acids is 1. The molecule has 3 aliphatic rings. The van der Waals surface area contributed by atoms with E-state index in [1.165, 1.54) is 70.6 Å². The van der Waals surface area contributed by atoms with E-state index in [0.29, 0.717) is 23.5 Å². The van der Waals surface area contributed by atoms with Crippen molar-refractivity contribution in [2.24, 2.45) is 23.7 Å². The van der Waals surface area contributed by atoms with Gasteiger partial charge in [-0.05, 0) is 37.0 Å².